The Labute approximate surface area is 107 Å². The Morgan fingerprint density at radius 2 is 2.22 bits per heavy atom. The molecule has 102 valence electrons. The molecule has 0 aromatic carbocycles. The maximum absolute atomic E-state index is 11.9. The van der Waals surface area contributed by atoms with Gasteiger partial charge in [0.15, 0.2) is 4.21 Å². The van der Waals surface area contributed by atoms with Gasteiger partial charge in [0.25, 0.3) is 10.0 Å². The molecule has 0 aliphatic carbocycles. The van der Waals surface area contributed by atoms with Crippen LogP contribution in [0, 0.1) is 6.92 Å². The summed E-state index contributed by atoms with van der Waals surface area (Å²) in [5.41, 5.74) is 0.166. The second-order valence-electron chi connectivity index (χ2n) is 3.31. The fraction of sp³-hybridized carbons (Fsp3) is 0.500. The zero-order valence-corrected chi connectivity index (χ0v) is 11.2. The lowest BCUT2D eigenvalue weighted by Gasteiger charge is -2.13. The fourth-order valence-electron chi connectivity index (χ4n) is 1.19. The molecule has 3 N–H and O–H groups in total. The van der Waals surface area contributed by atoms with Crippen LogP contribution in [0.4, 0.5) is 0 Å². The lowest BCUT2D eigenvalue weighted by atomic mass is 10.3. The number of nitrogens with one attached hydrogen (secondary N) is 2. The molecule has 0 saturated carbocycles. The van der Waals surface area contributed by atoms with Crippen molar-refractivity contribution in [1.82, 2.24) is 9.71 Å². The molecule has 0 spiro atoms. The SMILES string of the molecule is COC(=O)[C@H](CO)NS(=O)(=O)c1sc(=O)[nH]c1C. The summed E-state index contributed by atoms with van der Waals surface area (Å²) >= 11 is 0.498. The summed E-state index contributed by atoms with van der Waals surface area (Å²) in [5.74, 6) is -0.915. The molecular weight excluding hydrogens is 284 g/mol. The van der Waals surface area contributed by atoms with Gasteiger partial charge < -0.3 is 14.8 Å². The number of carbonyl (C=O) groups excluding carboxylic acids is 1. The number of aryl methyl sites for hydroxylation is 1. The molecule has 10 heteroatoms. The summed E-state index contributed by atoms with van der Waals surface area (Å²) in [5, 5.41) is 8.92. The molecule has 0 bridgehead atoms. The van der Waals surface area contributed by atoms with Crippen molar-refractivity contribution < 1.29 is 23.1 Å². The predicted octanol–water partition coefficient (Wildman–Crippen LogP) is -1.44. The van der Waals surface area contributed by atoms with Gasteiger partial charge in [-0.05, 0) is 6.92 Å². The van der Waals surface area contributed by atoms with Crippen LogP contribution in [-0.4, -0.2) is 44.2 Å². The number of hydrogen-bond donors (Lipinski definition) is 3. The summed E-state index contributed by atoms with van der Waals surface area (Å²) in [6.45, 7) is 0.669. The number of hydrogen-bond acceptors (Lipinski definition) is 7. The van der Waals surface area contributed by atoms with Crippen molar-refractivity contribution in [3.05, 3.63) is 15.4 Å². The minimum absolute atomic E-state index is 0.166. The molecule has 0 unspecified atom stereocenters. The van der Waals surface area contributed by atoms with Crippen LogP contribution in [0.2, 0.25) is 0 Å². The van der Waals surface area contributed by atoms with Crippen molar-refractivity contribution in [2.45, 2.75) is 17.2 Å². The van der Waals surface area contributed by atoms with Gasteiger partial charge in [-0.25, -0.2) is 8.42 Å². The first-order valence-corrected chi connectivity index (χ1v) is 7.02. The van der Waals surface area contributed by atoms with E-state index in [-0.39, 0.29) is 9.90 Å². The molecule has 0 fully saturated rings. The highest BCUT2D eigenvalue weighted by atomic mass is 32.2. The number of aromatic amines is 1. The van der Waals surface area contributed by atoms with Crippen LogP contribution in [-0.2, 0) is 19.6 Å². The third-order valence-electron chi connectivity index (χ3n) is 1.99. The van der Waals surface area contributed by atoms with E-state index in [1.54, 1.807) is 0 Å². The van der Waals surface area contributed by atoms with E-state index in [4.69, 9.17) is 5.11 Å². The molecule has 0 amide bonds. The Balaban J connectivity index is 3.05. The highest BCUT2D eigenvalue weighted by Gasteiger charge is 2.28. The Morgan fingerprint density at radius 3 is 2.61 bits per heavy atom. The van der Waals surface area contributed by atoms with Crippen LogP contribution in [0.1, 0.15) is 5.69 Å². The van der Waals surface area contributed by atoms with E-state index in [0.717, 1.165) is 7.11 Å². The van der Waals surface area contributed by atoms with Crippen molar-refractivity contribution in [2.24, 2.45) is 0 Å². The van der Waals surface area contributed by atoms with Crippen LogP contribution in [0.15, 0.2) is 9.00 Å². The van der Waals surface area contributed by atoms with Crippen molar-refractivity contribution in [2.75, 3.05) is 13.7 Å². The van der Waals surface area contributed by atoms with Crippen LogP contribution in [0.5, 0.6) is 0 Å². The van der Waals surface area contributed by atoms with Gasteiger partial charge in [0.1, 0.15) is 6.04 Å². The second-order valence-corrected chi connectivity index (χ2v) is 6.20. The molecule has 1 aromatic heterocycles. The number of ether oxygens (including phenoxy) is 1. The molecule has 1 heterocycles. The molecule has 0 radical (unpaired) electrons. The fourth-order valence-corrected chi connectivity index (χ4v) is 3.68. The summed E-state index contributed by atoms with van der Waals surface area (Å²) in [6.07, 6.45) is 0. The van der Waals surface area contributed by atoms with Gasteiger partial charge in [0.05, 0.1) is 13.7 Å². The highest BCUT2D eigenvalue weighted by Crippen LogP contribution is 2.15. The van der Waals surface area contributed by atoms with Crippen molar-refractivity contribution in [3.8, 4) is 0 Å². The second kappa shape index (κ2) is 5.61. The third-order valence-corrected chi connectivity index (χ3v) is 5.07. The van der Waals surface area contributed by atoms with E-state index < -0.39 is 33.5 Å². The average molecular weight is 296 g/mol. The number of H-pyrrole nitrogens is 1. The number of rotatable bonds is 5. The van der Waals surface area contributed by atoms with Gasteiger partial charge in [0, 0.05) is 5.69 Å². The summed E-state index contributed by atoms with van der Waals surface area (Å²) < 4.78 is 29.8. The zero-order chi connectivity index (χ0) is 13.9. The van der Waals surface area contributed by atoms with Crippen LogP contribution >= 0.6 is 11.3 Å². The first kappa shape index (κ1) is 14.8. The minimum Gasteiger partial charge on any atom is -0.468 e. The predicted molar refractivity (Wildman–Crippen MR) is 62.9 cm³/mol. The standard InChI is InChI=1S/C8H12N2O6S2/c1-4-7(17-8(13)9-4)18(14,15)10-5(3-11)6(12)16-2/h5,10-11H,3H2,1-2H3,(H,9,13)/t5-/m0/s1. The van der Waals surface area contributed by atoms with E-state index in [0.29, 0.717) is 11.3 Å². The summed E-state index contributed by atoms with van der Waals surface area (Å²) in [7, 11) is -2.99. The number of methoxy groups -OCH3 is 1. The molecule has 1 rings (SSSR count). The van der Waals surface area contributed by atoms with E-state index in [9.17, 15) is 18.0 Å². The average Bonchev–Trinajstić information content (AvgIpc) is 2.65. The molecule has 0 aliphatic heterocycles. The van der Waals surface area contributed by atoms with Gasteiger partial charge in [-0.2, -0.15) is 4.72 Å². The topological polar surface area (TPSA) is 126 Å². The van der Waals surface area contributed by atoms with E-state index in [1.807, 2.05) is 4.72 Å². The van der Waals surface area contributed by atoms with Crippen molar-refractivity contribution in [1.29, 1.82) is 0 Å². The molecular formula is C8H12N2O6S2. The van der Waals surface area contributed by atoms with Gasteiger partial charge >= 0.3 is 10.8 Å². The monoisotopic (exact) mass is 296 g/mol. The van der Waals surface area contributed by atoms with E-state index in [2.05, 4.69) is 9.72 Å². The smallest absolute Gasteiger partial charge is 0.326 e. The van der Waals surface area contributed by atoms with Crippen molar-refractivity contribution >= 4 is 27.3 Å². The lowest BCUT2D eigenvalue weighted by molar-refractivity contribution is -0.143. The zero-order valence-electron chi connectivity index (χ0n) is 9.59. The van der Waals surface area contributed by atoms with Gasteiger partial charge in [-0.15, -0.1) is 0 Å². The number of aliphatic hydroxyl groups is 1. The molecule has 1 aromatic rings. The third kappa shape index (κ3) is 3.16. The van der Waals surface area contributed by atoms with Crippen LogP contribution in [0.3, 0.4) is 0 Å². The summed E-state index contributed by atoms with van der Waals surface area (Å²) in [4.78, 5) is 24.0. The largest absolute Gasteiger partial charge is 0.468 e. The Bertz CT molecular complexity index is 587. The van der Waals surface area contributed by atoms with Gasteiger partial charge in [0.2, 0.25) is 0 Å². The number of sulfonamides is 1. The normalized spacial score (nSPS) is 13.3. The van der Waals surface area contributed by atoms with E-state index in [1.165, 1.54) is 6.92 Å². The number of aromatic nitrogens is 1. The number of aliphatic hydroxyl groups excluding tert-OH is 1. The van der Waals surface area contributed by atoms with Crippen molar-refractivity contribution in [3.63, 3.8) is 0 Å². The highest BCUT2D eigenvalue weighted by molar-refractivity contribution is 7.91. The molecule has 8 nitrogen and oxygen atoms in total. The first-order valence-electron chi connectivity index (χ1n) is 4.72. The summed E-state index contributed by atoms with van der Waals surface area (Å²) in [6, 6.07) is -1.41. The minimum atomic E-state index is -4.06. The maximum atomic E-state index is 11.9. The van der Waals surface area contributed by atoms with Crippen LogP contribution < -0.4 is 9.60 Å². The Kier molecular flexibility index (Phi) is 4.62. The number of esters is 1. The number of thiazole rings is 1. The first-order chi connectivity index (χ1) is 8.31. The van der Waals surface area contributed by atoms with Gasteiger partial charge in [-0.3, -0.25) is 9.59 Å². The number of carbonyl (C=O) groups is 1. The quantitative estimate of drug-likeness (QED) is 0.571. The Hall–Kier alpha value is -1.23. The van der Waals surface area contributed by atoms with Crippen LogP contribution in [0.25, 0.3) is 0 Å². The van der Waals surface area contributed by atoms with Gasteiger partial charge in [-0.1, -0.05) is 11.3 Å². The maximum Gasteiger partial charge on any atom is 0.326 e. The lowest BCUT2D eigenvalue weighted by Crippen LogP contribution is -2.43. The van der Waals surface area contributed by atoms with E-state index >= 15 is 0 Å². The molecule has 1 atom stereocenters. The molecule has 18 heavy (non-hydrogen) atoms. The molecule has 0 aliphatic rings. The molecule has 0 saturated heterocycles. The Morgan fingerprint density at radius 1 is 1.61 bits per heavy atom.